The van der Waals surface area contributed by atoms with Gasteiger partial charge in [-0.3, -0.25) is 0 Å². The Bertz CT molecular complexity index is 314. The normalized spacial score (nSPS) is 18.7. The molecule has 1 fully saturated rings. The molecule has 1 unspecified atom stereocenters. The molecule has 0 aromatic heterocycles. The topological polar surface area (TPSA) is 12.0 Å². The summed E-state index contributed by atoms with van der Waals surface area (Å²) >= 11 is 0. The molecule has 1 aromatic carbocycles. The molecule has 1 aromatic rings. The summed E-state index contributed by atoms with van der Waals surface area (Å²) in [6.07, 6.45) is 10.0. The largest absolute Gasteiger partial charge is 0.310 e. The van der Waals surface area contributed by atoms with Crippen molar-refractivity contribution in [3.05, 3.63) is 35.9 Å². The molecule has 0 amide bonds. The fraction of sp³-hybridized carbons (Fsp3) is 0.647. The zero-order valence-electron chi connectivity index (χ0n) is 11.7. The van der Waals surface area contributed by atoms with Gasteiger partial charge in [-0.1, -0.05) is 69.4 Å². The van der Waals surface area contributed by atoms with Crippen molar-refractivity contribution in [2.24, 2.45) is 5.92 Å². The minimum Gasteiger partial charge on any atom is -0.310 e. The molecular weight excluding hydrogens is 218 g/mol. The molecule has 18 heavy (non-hydrogen) atoms. The van der Waals surface area contributed by atoms with Crippen molar-refractivity contribution < 1.29 is 0 Å². The summed E-state index contributed by atoms with van der Waals surface area (Å²) < 4.78 is 0. The lowest BCUT2D eigenvalue weighted by molar-refractivity contribution is 0.315. The lowest BCUT2D eigenvalue weighted by Crippen LogP contribution is -2.22. The van der Waals surface area contributed by atoms with Crippen LogP contribution in [0, 0.1) is 5.92 Å². The molecule has 1 atom stereocenters. The van der Waals surface area contributed by atoms with Crippen LogP contribution in [0.1, 0.15) is 63.5 Å². The minimum atomic E-state index is 0.554. The summed E-state index contributed by atoms with van der Waals surface area (Å²) in [7, 11) is 0. The molecule has 0 saturated heterocycles. The van der Waals surface area contributed by atoms with Gasteiger partial charge < -0.3 is 5.32 Å². The highest BCUT2D eigenvalue weighted by atomic mass is 14.9. The SMILES string of the molecule is CCNC(CCC1CCCCC1)c1ccccc1. The van der Waals surface area contributed by atoms with E-state index in [4.69, 9.17) is 0 Å². The second-order valence-electron chi connectivity index (χ2n) is 5.60. The lowest BCUT2D eigenvalue weighted by atomic mass is 9.84. The Kier molecular flexibility index (Phi) is 5.73. The molecule has 100 valence electrons. The zero-order valence-corrected chi connectivity index (χ0v) is 11.7. The summed E-state index contributed by atoms with van der Waals surface area (Å²) in [6, 6.07) is 11.5. The van der Waals surface area contributed by atoms with E-state index in [1.807, 2.05) is 0 Å². The Morgan fingerprint density at radius 2 is 1.83 bits per heavy atom. The van der Waals surface area contributed by atoms with Crippen molar-refractivity contribution in [1.29, 1.82) is 0 Å². The van der Waals surface area contributed by atoms with E-state index in [2.05, 4.69) is 42.6 Å². The first-order valence-electron chi connectivity index (χ1n) is 7.68. The third-order valence-electron chi connectivity index (χ3n) is 4.24. The summed E-state index contributed by atoms with van der Waals surface area (Å²) in [5.41, 5.74) is 1.45. The van der Waals surface area contributed by atoms with E-state index >= 15 is 0 Å². The van der Waals surface area contributed by atoms with Crippen LogP contribution in [0.15, 0.2) is 30.3 Å². The summed E-state index contributed by atoms with van der Waals surface area (Å²) in [6.45, 7) is 3.26. The highest BCUT2D eigenvalue weighted by molar-refractivity contribution is 5.18. The summed E-state index contributed by atoms with van der Waals surface area (Å²) in [5.74, 6) is 0.989. The second-order valence-corrected chi connectivity index (χ2v) is 5.60. The van der Waals surface area contributed by atoms with E-state index in [-0.39, 0.29) is 0 Å². The van der Waals surface area contributed by atoms with Crippen LogP contribution in [0.2, 0.25) is 0 Å². The number of benzene rings is 1. The van der Waals surface area contributed by atoms with Gasteiger partial charge in [-0.15, -0.1) is 0 Å². The van der Waals surface area contributed by atoms with Gasteiger partial charge in [0.2, 0.25) is 0 Å². The third-order valence-corrected chi connectivity index (χ3v) is 4.24. The minimum absolute atomic E-state index is 0.554. The van der Waals surface area contributed by atoms with Crippen LogP contribution < -0.4 is 5.32 Å². The van der Waals surface area contributed by atoms with Crippen molar-refractivity contribution in [3.8, 4) is 0 Å². The van der Waals surface area contributed by atoms with Crippen LogP contribution >= 0.6 is 0 Å². The Morgan fingerprint density at radius 1 is 1.11 bits per heavy atom. The maximum Gasteiger partial charge on any atom is 0.0320 e. The Labute approximate surface area is 112 Å². The standard InChI is InChI=1S/C17H27N/c1-2-18-17(16-11-7-4-8-12-16)14-13-15-9-5-3-6-10-15/h4,7-8,11-12,15,17-18H,2-3,5-6,9-10,13-14H2,1H3. The lowest BCUT2D eigenvalue weighted by Gasteiger charge is -2.25. The van der Waals surface area contributed by atoms with E-state index in [0.29, 0.717) is 6.04 Å². The molecule has 1 N–H and O–H groups in total. The molecule has 1 heteroatoms. The van der Waals surface area contributed by atoms with Gasteiger partial charge >= 0.3 is 0 Å². The van der Waals surface area contributed by atoms with Crippen molar-refractivity contribution in [2.45, 2.75) is 57.9 Å². The summed E-state index contributed by atoms with van der Waals surface area (Å²) in [5, 5.41) is 3.64. The van der Waals surface area contributed by atoms with Gasteiger partial charge in [0.05, 0.1) is 0 Å². The van der Waals surface area contributed by atoms with Crippen molar-refractivity contribution in [1.82, 2.24) is 5.32 Å². The van der Waals surface area contributed by atoms with Gasteiger partial charge in [0.15, 0.2) is 0 Å². The first-order chi connectivity index (χ1) is 8.90. The molecule has 0 spiro atoms. The smallest absolute Gasteiger partial charge is 0.0320 e. The van der Waals surface area contributed by atoms with Gasteiger partial charge in [0, 0.05) is 6.04 Å². The van der Waals surface area contributed by atoms with Crippen molar-refractivity contribution >= 4 is 0 Å². The number of nitrogens with one attached hydrogen (secondary N) is 1. The van der Waals surface area contributed by atoms with Crippen molar-refractivity contribution in [3.63, 3.8) is 0 Å². The van der Waals surface area contributed by atoms with Gasteiger partial charge in [-0.25, -0.2) is 0 Å². The van der Waals surface area contributed by atoms with E-state index in [9.17, 15) is 0 Å². The van der Waals surface area contributed by atoms with E-state index in [1.54, 1.807) is 0 Å². The molecule has 1 aliphatic rings. The molecule has 1 aliphatic carbocycles. The number of hydrogen-bond donors (Lipinski definition) is 1. The van der Waals surface area contributed by atoms with Gasteiger partial charge in [-0.05, 0) is 30.9 Å². The molecule has 0 radical (unpaired) electrons. The Balaban J connectivity index is 1.86. The first-order valence-corrected chi connectivity index (χ1v) is 7.68. The third kappa shape index (κ3) is 4.13. The Morgan fingerprint density at radius 3 is 2.50 bits per heavy atom. The van der Waals surface area contributed by atoms with E-state index in [1.165, 1.54) is 50.5 Å². The van der Waals surface area contributed by atoms with E-state index < -0.39 is 0 Å². The van der Waals surface area contributed by atoms with Gasteiger partial charge in [0.25, 0.3) is 0 Å². The molecule has 2 rings (SSSR count). The van der Waals surface area contributed by atoms with Crippen LogP contribution in [0.4, 0.5) is 0 Å². The number of rotatable bonds is 6. The fourth-order valence-corrected chi connectivity index (χ4v) is 3.20. The molecular formula is C17H27N. The van der Waals surface area contributed by atoms with Gasteiger partial charge in [0.1, 0.15) is 0 Å². The predicted octanol–water partition coefficient (Wildman–Crippen LogP) is 4.70. The average Bonchev–Trinajstić information content (AvgIpc) is 2.45. The van der Waals surface area contributed by atoms with Gasteiger partial charge in [-0.2, -0.15) is 0 Å². The maximum absolute atomic E-state index is 3.64. The van der Waals surface area contributed by atoms with Crippen LogP contribution in [0.5, 0.6) is 0 Å². The predicted molar refractivity (Wildman–Crippen MR) is 78.7 cm³/mol. The van der Waals surface area contributed by atoms with Crippen LogP contribution in [0.3, 0.4) is 0 Å². The molecule has 0 aliphatic heterocycles. The molecule has 1 saturated carbocycles. The quantitative estimate of drug-likeness (QED) is 0.766. The monoisotopic (exact) mass is 245 g/mol. The van der Waals surface area contributed by atoms with Crippen LogP contribution in [0.25, 0.3) is 0 Å². The molecule has 0 bridgehead atoms. The average molecular weight is 245 g/mol. The summed E-state index contributed by atoms with van der Waals surface area (Å²) in [4.78, 5) is 0. The zero-order chi connectivity index (χ0) is 12.6. The second kappa shape index (κ2) is 7.58. The van der Waals surface area contributed by atoms with Crippen molar-refractivity contribution in [2.75, 3.05) is 6.54 Å². The fourth-order valence-electron chi connectivity index (χ4n) is 3.20. The van der Waals surface area contributed by atoms with E-state index in [0.717, 1.165) is 12.5 Å². The maximum atomic E-state index is 3.64. The molecule has 0 heterocycles. The van der Waals surface area contributed by atoms with Crippen LogP contribution in [-0.2, 0) is 0 Å². The molecule has 1 nitrogen and oxygen atoms in total. The highest BCUT2D eigenvalue weighted by Gasteiger charge is 2.16. The first kappa shape index (κ1) is 13.6. The Hall–Kier alpha value is -0.820. The van der Waals surface area contributed by atoms with Crippen LogP contribution in [-0.4, -0.2) is 6.54 Å². The highest BCUT2D eigenvalue weighted by Crippen LogP contribution is 2.30. The number of hydrogen-bond acceptors (Lipinski definition) is 1.